The van der Waals surface area contributed by atoms with Gasteiger partial charge < -0.3 is 25.1 Å². The van der Waals surface area contributed by atoms with Crippen LogP contribution in [-0.2, 0) is 20.9 Å². The van der Waals surface area contributed by atoms with Crippen LogP contribution >= 0.6 is 11.6 Å². The zero-order valence-corrected chi connectivity index (χ0v) is 16.9. The second-order valence-electron chi connectivity index (χ2n) is 6.41. The Hall–Kier alpha value is -3.52. The van der Waals surface area contributed by atoms with Gasteiger partial charge in [-0.3, -0.25) is 4.79 Å². The summed E-state index contributed by atoms with van der Waals surface area (Å²) in [5.41, 5.74) is 1.80. The molecule has 8 nitrogen and oxygen atoms in total. The van der Waals surface area contributed by atoms with Gasteiger partial charge in [0.2, 0.25) is 0 Å². The number of benzene rings is 2. The van der Waals surface area contributed by atoms with Crippen molar-refractivity contribution in [2.45, 2.75) is 12.6 Å². The van der Waals surface area contributed by atoms with Gasteiger partial charge in [0.15, 0.2) is 0 Å². The largest absolute Gasteiger partial charge is 0.467 e. The number of carbonyl (C=O) groups is 3. The first-order chi connectivity index (χ1) is 14.5. The number of fused-ring (bicyclic) bond motifs is 1. The zero-order chi connectivity index (χ0) is 21.5. The molecule has 1 aromatic heterocycles. The van der Waals surface area contributed by atoms with E-state index in [0.717, 1.165) is 10.9 Å². The van der Waals surface area contributed by atoms with E-state index in [9.17, 15) is 14.4 Å². The highest BCUT2D eigenvalue weighted by molar-refractivity contribution is 6.31. The minimum Gasteiger partial charge on any atom is -0.467 e. The maximum absolute atomic E-state index is 12.4. The van der Waals surface area contributed by atoms with Gasteiger partial charge in [-0.05, 0) is 23.8 Å². The van der Waals surface area contributed by atoms with Crippen molar-refractivity contribution in [1.82, 2.24) is 15.6 Å². The molecule has 0 aliphatic heterocycles. The summed E-state index contributed by atoms with van der Waals surface area (Å²) in [5, 5.41) is 6.35. The second-order valence-corrected chi connectivity index (χ2v) is 6.84. The molecule has 0 fully saturated rings. The van der Waals surface area contributed by atoms with Crippen LogP contribution in [0.2, 0.25) is 5.02 Å². The van der Waals surface area contributed by atoms with E-state index in [2.05, 4.69) is 15.6 Å². The van der Waals surface area contributed by atoms with Crippen molar-refractivity contribution in [3.63, 3.8) is 0 Å². The molecule has 0 aliphatic rings. The molecule has 1 atom stereocenters. The van der Waals surface area contributed by atoms with Crippen LogP contribution in [0.5, 0.6) is 0 Å². The normalized spacial score (nSPS) is 11.5. The number of ether oxygens (including phenoxy) is 2. The average molecular weight is 430 g/mol. The second kappa shape index (κ2) is 9.80. The first-order valence-electron chi connectivity index (χ1n) is 9.08. The number of rotatable bonds is 7. The summed E-state index contributed by atoms with van der Waals surface area (Å²) >= 11 is 5.95. The predicted molar refractivity (Wildman–Crippen MR) is 111 cm³/mol. The van der Waals surface area contributed by atoms with Crippen LogP contribution in [0.4, 0.5) is 4.79 Å². The highest BCUT2D eigenvalue weighted by Gasteiger charge is 2.23. The van der Waals surface area contributed by atoms with Gasteiger partial charge in [-0.25, -0.2) is 9.59 Å². The van der Waals surface area contributed by atoms with Crippen molar-refractivity contribution in [2.24, 2.45) is 0 Å². The third kappa shape index (κ3) is 5.51. The van der Waals surface area contributed by atoms with E-state index < -0.39 is 24.0 Å². The molecule has 1 heterocycles. The number of amides is 2. The molecule has 2 aromatic carbocycles. The third-order valence-electron chi connectivity index (χ3n) is 4.29. The summed E-state index contributed by atoms with van der Waals surface area (Å²) in [6.07, 6.45) is -0.802. The molecule has 0 bridgehead atoms. The predicted octanol–water partition coefficient (Wildman–Crippen LogP) is 3.02. The maximum atomic E-state index is 12.4. The molecule has 0 saturated carbocycles. The smallest absolute Gasteiger partial charge is 0.408 e. The van der Waals surface area contributed by atoms with Gasteiger partial charge in [-0.15, -0.1) is 0 Å². The summed E-state index contributed by atoms with van der Waals surface area (Å²) in [6.45, 7) is -0.132. The van der Waals surface area contributed by atoms with E-state index in [-0.39, 0.29) is 13.2 Å². The minimum absolute atomic E-state index is 0.0462. The van der Waals surface area contributed by atoms with Gasteiger partial charge in [-0.2, -0.15) is 0 Å². The maximum Gasteiger partial charge on any atom is 0.408 e. The van der Waals surface area contributed by atoms with Crippen LogP contribution < -0.4 is 10.6 Å². The van der Waals surface area contributed by atoms with Gasteiger partial charge >= 0.3 is 12.1 Å². The molecule has 3 N–H and O–H groups in total. The molecule has 3 rings (SSSR count). The topological polar surface area (TPSA) is 110 Å². The minimum atomic E-state index is -1.11. The number of carbonyl (C=O) groups excluding carboxylic acids is 3. The summed E-state index contributed by atoms with van der Waals surface area (Å²) in [4.78, 5) is 39.4. The fraction of sp³-hybridized carbons (Fsp3) is 0.190. The summed E-state index contributed by atoms with van der Waals surface area (Å²) < 4.78 is 9.80. The number of aromatic nitrogens is 1. The molecular weight excluding hydrogens is 410 g/mol. The van der Waals surface area contributed by atoms with Crippen LogP contribution in [0.15, 0.2) is 54.6 Å². The molecule has 2 amide bonds. The summed E-state index contributed by atoms with van der Waals surface area (Å²) in [6, 6.07) is 14.9. The van der Waals surface area contributed by atoms with Crippen LogP contribution in [0.25, 0.3) is 10.9 Å². The Bertz CT molecular complexity index is 1050. The molecular formula is C21H20ClN3O5. The van der Waals surface area contributed by atoms with E-state index in [4.69, 9.17) is 21.1 Å². The standard InChI is InChI=1S/C21H20ClN3O5/c1-29-20(27)18(25-21(28)30-12-13-5-3-2-4-6-13)11-23-19(26)17-9-14-7-8-15(22)10-16(14)24-17/h2-10,18,24H,11-12H2,1H3,(H,23,26)(H,25,28). The molecule has 0 radical (unpaired) electrons. The Morgan fingerprint density at radius 1 is 1.10 bits per heavy atom. The lowest BCUT2D eigenvalue weighted by molar-refractivity contribution is -0.142. The van der Waals surface area contributed by atoms with E-state index in [1.54, 1.807) is 36.4 Å². The molecule has 1 unspecified atom stereocenters. The number of alkyl carbamates (subject to hydrolysis) is 1. The number of H-pyrrole nitrogens is 1. The highest BCUT2D eigenvalue weighted by atomic mass is 35.5. The van der Waals surface area contributed by atoms with Crippen molar-refractivity contribution in [1.29, 1.82) is 0 Å². The first-order valence-corrected chi connectivity index (χ1v) is 9.45. The summed E-state index contributed by atoms with van der Waals surface area (Å²) in [5.74, 6) is -1.16. The van der Waals surface area contributed by atoms with Crippen molar-refractivity contribution in [3.05, 3.63) is 70.9 Å². The van der Waals surface area contributed by atoms with Gasteiger partial charge in [0.1, 0.15) is 18.3 Å². The van der Waals surface area contributed by atoms with Gasteiger partial charge in [-0.1, -0.05) is 48.0 Å². The molecule has 0 spiro atoms. The quantitative estimate of drug-likeness (QED) is 0.500. The first kappa shape index (κ1) is 21.2. The lowest BCUT2D eigenvalue weighted by atomic mass is 10.2. The molecule has 30 heavy (non-hydrogen) atoms. The average Bonchev–Trinajstić information content (AvgIpc) is 3.18. The van der Waals surface area contributed by atoms with Crippen LogP contribution in [0.3, 0.4) is 0 Å². The molecule has 9 heteroatoms. The number of aromatic amines is 1. The lowest BCUT2D eigenvalue weighted by Crippen LogP contribution is -2.49. The Labute approximate surface area is 177 Å². The highest BCUT2D eigenvalue weighted by Crippen LogP contribution is 2.19. The fourth-order valence-corrected chi connectivity index (χ4v) is 2.93. The Kier molecular flexibility index (Phi) is 6.92. The van der Waals surface area contributed by atoms with Gasteiger partial charge in [0.25, 0.3) is 5.91 Å². The van der Waals surface area contributed by atoms with E-state index >= 15 is 0 Å². The Morgan fingerprint density at radius 3 is 2.60 bits per heavy atom. The zero-order valence-electron chi connectivity index (χ0n) is 16.1. The Balaban J connectivity index is 1.57. The lowest BCUT2D eigenvalue weighted by Gasteiger charge is -2.17. The third-order valence-corrected chi connectivity index (χ3v) is 4.52. The van der Waals surface area contributed by atoms with Crippen molar-refractivity contribution < 1.29 is 23.9 Å². The SMILES string of the molecule is COC(=O)C(CNC(=O)c1cc2ccc(Cl)cc2[nH]1)NC(=O)OCc1ccccc1. The molecule has 0 aliphatic carbocycles. The van der Waals surface area contributed by atoms with Crippen LogP contribution in [-0.4, -0.2) is 42.7 Å². The molecule has 156 valence electrons. The summed E-state index contributed by atoms with van der Waals surface area (Å²) in [7, 11) is 1.19. The number of methoxy groups -OCH3 is 1. The van der Waals surface area contributed by atoms with Gasteiger partial charge in [0, 0.05) is 22.5 Å². The van der Waals surface area contributed by atoms with Crippen LogP contribution in [0.1, 0.15) is 16.1 Å². The van der Waals surface area contributed by atoms with Gasteiger partial charge in [0.05, 0.1) is 7.11 Å². The number of hydrogen-bond donors (Lipinski definition) is 3. The van der Waals surface area contributed by atoms with E-state index in [1.165, 1.54) is 7.11 Å². The number of esters is 1. The van der Waals surface area contributed by atoms with Crippen LogP contribution in [0, 0.1) is 0 Å². The monoisotopic (exact) mass is 429 g/mol. The fourth-order valence-electron chi connectivity index (χ4n) is 2.75. The van der Waals surface area contributed by atoms with E-state index in [0.29, 0.717) is 16.2 Å². The molecule has 3 aromatic rings. The number of halogens is 1. The van der Waals surface area contributed by atoms with Crippen molar-refractivity contribution in [2.75, 3.05) is 13.7 Å². The number of hydrogen-bond acceptors (Lipinski definition) is 5. The van der Waals surface area contributed by atoms with E-state index in [1.807, 2.05) is 18.2 Å². The van der Waals surface area contributed by atoms with Crippen molar-refractivity contribution >= 4 is 40.5 Å². The number of nitrogens with one attached hydrogen (secondary N) is 3. The molecule has 0 saturated heterocycles. The van der Waals surface area contributed by atoms with Crippen molar-refractivity contribution in [3.8, 4) is 0 Å². The Morgan fingerprint density at radius 2 is 1.87 bits per heavy atom.